The van der Waals surface area contributed by atoms with Crippen LogP contribution in [0.25, 0.3) is 0 Å². The van der Waals surface area contributed by atoms with E-state index in [0.717, 1.165) is 18.2 Å². The Hall–Kier alpha value is -3.49. The highest BCUT2D eigenvalue weighted by Crippen LogP contribution is 2.31. The van der Waals surface area contributed by atoms with E-state index in [1.165, 1.54) is 43.3 Å². The fourth-order valence-electron chi connectivity index (χ4n) is 2.43. The molecule has 1 aromatic heterocycles. The van der Waals surface area contributed by atoms with Crippen LogP contribution in [0.4, 0.5) is 34.8 Å². The monoisotopic (exact) mass is 390 g/mol. The summed E-state index contributed by atoms with van der Waals surface area (Å²) in [4.78, 5) is 20.5. The minimum absolute atomic E-state index is 0.0220. The fourth-order valence-corrected chi connectivity index (χ4v) is 2.43. The van der Waals surface area contributed by atoms with E-state index in [1.54, 1.807) is 0 Å². The van der Waals surface area contributed by atoms with Gasteiger partial charge in [0.2, 0.25) is 0 Å². The van der Waals surface area contributed by atoms with Gasteiger partial charge in [0, 0.05) is 17.4 Å². The van der Waals surface area contributed by atoms with E-state index in [9.17, 15) is 22.4 Å². The molecule has 0 saturated heterocycles. The highest BCUT2D eigenvalue weighted by atomic mass is 19.4. The number of halogens is 4. The quantitative estimate of drug-likeness (QED) is 0.620. The number of rotatable bonds is 4. The summed E-state index contributed by atoms with van der Waals surface area (Å²) in [6.45, 7) is 1.54. The van der Waals surface area contributed by atoms with Gasteiger partial charge in [0.1, 0.15) is 23.2 Å². The van der Waals surface area contributed by atoms with Crippen molar-refractivity contribution in [2.24, 2.45) is 0 Å². The van der Waals surface area contributed by atoms with Crippen LogP contribution in [-0.4, -0.2) is 15.9 Å². The summed E-state index contributed by atoms with van der Waals surface area (Å²) in [6, 6.07) is 11.2. The number of hydrogen-bond acceptors (Lipinski definition) is 4. The number of carbonyl (C=O) groups is 1. The van der Waals surface area contributed by atoms with Crippen LogP contribution in [0, 0.1) is 12.7 Å². The first-order valence-electron chi connectivity index (χ1n) is 8.07. The van der Waals surface area contributed by atoms with E-state index in [2.05, 4.69) is 20.6 Å². The Labute approximate surface area is 157 Å². The predicted molar refractivity (Wildman–Crippen MR) is 95.8 cm³/mol. The molecule has 3 aromatic rings. The third-order valence-electron chi connectivity index (χ3n) is 3.62. The largest absolute Gasteiger partial charge is 0.416 e. The highest BCUT2D eigenvalue weighted by molar-refractivity contribution is 6.03. The van der Waals surface area contributed by atoms with E-state index < -0.39 is 23.5 Å². The van der Waals surface area contributed by atoms with Crippen molar-refractivity contribution in [2.45, 2.75) is 13.1 Å². The van der Waals surface area contributed by atoms with E-state index in [4.69, 9.17) is 0 Å². The first-order valence-corrected chi connectivity index (χ1v) is 8.07. The van der Waals surface area contributed by atoms with Gasteiger partial charge in [-0.3, -0.25) is 4.79 Å². The summed E-state index contributed by atoms with van der Waals surface area (Å²) in [5, 5.41) is 5.23. The van der Waals surface area contributed by atoms with E-state index in [1.807, 2.05) is 0 Å². The number of aromatic nitrogens is 2. The molecule has 0 unspecified atom stereocenters. The van der Waals surface area contributed by atoms with Crippen molar-refractivity contribution in [1.82, 2.24) is 9.97 Å². The summed E-state index contributed by atoms with van der Waals surface area (Å²) in [6.07, 6.45) is -4.48. The number of carbonyl (C=O) groups excluding carboxylic acids is 1. The van der Waals surface area contributed by atoms with Gasteiger partial charge in [0.05, 0.1) is 5.56 Å². The zero-order chi connectivity index (χ0) is 20.3. The number of aryl methyl sites for hydroxylation is 1. The van der Waals surface area contributed by atoms with Crippen molar-refractivity contribution in [3.05, 3.63) is 77.5 Å². The third kappa shape index (κ3) is 4.81. The molecule has 0 spiro atoms. The first-order chi connectivity index (χ1) is 13.2. The molecule has 0 fully saturated rings. The zero-order valence-electron chi connectivity index (χ0n) is 14.5. The summed E-state index contributed by atoms with van der Waals surface area (Å²) in [7, 11) is 0. The van der Waals surface area contributed by atoms with Crippen molar-refractivity contribution >= 4 is 23.1 Å². The summed E-state index contributed by atoms with van der Waals surface area (Å²) >= 11 is 0. The molecule has 0 bridgehead atoms. The number of hydrogen-bond donors (Lipinski definition) is 2. The molecule has 9 heteroatoms. The molecule has 1 heterocycles. The Balaban J connectivity index is 1.83. The molecule has 2 aromatic carbocycles. The van der Waals surface area contributed by atoms with Crippen molar-refractivity contribution < 1.29 is 22.4 Å². The average Bonchev–Trinajstić information content (AvgIpc) is 2.61. The van der Waals surface area contributed by atoms with Crippen LogP contribution in [0.3, 0.4) is 0 Å². The molecule has 0 atom stereocenters. The van der Waals surface area contributed by atoms with Gasteiger partial charge < -0.3 is 10.6 Å². The maximum Gasteiger partial charge on any atom is 0.416 e. The van der Waals surface area contributed by atoms with Crippen LogP contribution in [0.5, 0.6) is 0 Å². The minimum atomic E-state index is -4.48. The van der Waals surface area contributed by atoms with E-state index in [-0.39, 0.29) is 28.7 Å². The van der Waals surface area contributed by atoms with Crippen molar-refractivity contribution in [1.29, 1.82) is 0 Å². The number of amides is 1. The van der Waals surface area contributed by atoms with Crippen LogP contribution in [0.1, 0.15) is 21.9 Å². The Morgan fingerprint density at radius 3 is 2.39 bits per heavy atom. The predicted octanol–water partition coefficient (Wildman–Crippen LogP) is 4.94. The lowest BCUT2D eigenvalue weighted by molar-refractivity contribution is -0.137. The maximum atomic E-state index is 13.2. The molecule has 1 amide bonds. The molecular weight excluding hydrogens is 376 g/mol. The molecule has 2 N–H and O–H groups in total. The summed E-state index contributed by atoms with van der Waals surface area (Å²) in [5.74, 6) is -0.732. The van der Waals surface area contributed by atoms with E-state index >= 15 is 0 Å². The average molecular weight is 390 g/mol. The van der Waals surface area contributed by atoms with Crippen molar-refractivity contribution in [3.8, 4) is 0 Å². The van der Waals surface area contributed by atoms with Crippen LogP contribution >= 0.6 is 0 Å². The number of anilines is 3. The van der Waals surface area contributed by atoms with Gasteiger partial charge in [0.15, 0.2) is 0 Å². The number of alkyl halides is 3. The normalized spacial score (nSPS) is 11.2. The Morgan fingerprint density at radius 1 is 0.964 bits per heavy atom. The Morgan fingerprint density at radius 2 is 1.68 bits per heavy atom. The van der Waals surface area contributed by atoms with E-state index in [0.29, 0.717) is 0 Å². The Bertz CT molecular complexity index is 1020. The lowest BCUT2D eigenvalue weighted by atomic mass is 10.2. The Kier molecular flexibility index (Phi) is 5.25. The van der Waals surface area contributed by atoms with Crippen LogP contribution in [0.15, 0.2) is 54.6 Å². The molecule has 0 saturated carbocycles. The standard InChI is InChI=1S/C19H14F4N4O/c1-11-24-16(18(28)27-15-7-3-5-13(20)9-15)10-17(25-11)26-14-6-2-4-12(8-14)19(21,22)23/h2-10H,1H3,(H,27,28)(H,24,25,26). The molecule has 0 aliphatic heterocycles. The summed E-state index contributed by atoms with van der Waals surface area (Å²) in [5.41, 5.74) is -0.434. The van der Waals surface area contributed by atoms with Gasteiger partial charge >= 0.3 is 6.18 Å². The number of nitrogens with zero attached hydrogens (tertiary/aromatic N) is 2. The molecule has 144 valence electrons. The summed E-state index contributed by atoms with van der Waals surface area (Å²) < 4.78 is 51.8. The zero-order valence-corrected chi connectivity index (χ0v) is 14.5. The SMILES string of the molecule is Cc1nc(Nc2cccc(C(F)(F)F)c2)cc(C(=O)Nc2cccc(F)c2)n1. The second-order valence-corrected chi connectivity index (χ2v) is 5.85. The van der Waals surface area contributed by atoms with Crippen LogP contribution < -0.4 is 10.6 Å². The van der Waals surface area contributed by atoms with Gasteiger partial charge in [-0.2, -0.15) is 13.2 Å². The maximum absolute atomic E-state index is 13.2. The third-order valence-corrected chi connectivity index (χ3v) is 3.62. The number of benzene rings is 2. The second kappa shape index (κ2) is 7.63. The molecule has 0 aliphatic rings. The first kappa shape index (κ1) is 19.3. The second-order valence-electron chi connectivity index (χ2n) is 5.85. The number of nitrogens with one attached hydrogen (secondary N) is 2. The van der Waals surface area contributed by atoms with Gasteiger partial charge in [-0.05, 0) is 43.3 Å². The van der Waals surface area contributed by atoms with Gasteiger partial charge in [-0.1, -0.05) is 12.1 Å². The van der Waals surface area contributed by atoms with Crippen LogP contribution in [0.2, 0.25) is 0 Å². The van der Waals surface area contributed by atoms with Gasteiger partial charge in [0.25, 0.3) is 5.91 Å². The fraction of sp³-hybridized carbons (Fsp3) is 0.105. The molecule has 28 heavy (non-hydrogen) atoms. The highest BCUT2D eigenvalue weighted by Gasteiger charge is 2.30. The molecule has 3 rings (SSSR count). The minimum Gasteiger partial charge on any atom is -0.340 e. The van der Waals surface area contributed by atoms with Crippen LogP contribution in [-0.2, 0) is 6.18 Å². The van der Waals surface area contributed by atoms with Gasteiger partial charge in [-0.25, -0.2) is 14.4 Å². The smallest absolute Gasteiger partial charge is 0.340 e. The van der Waals surface area contributed by atoms with Crippen molar-refractivity contribution in [3.63, 3.8) is 0 Å². The lowest BCUT2D eigenvalue weighted by Crippen LogP contribution is -2.15. The topological polar surface area (TPSA) is 66.9 Å². The van der Waals surface area contributed by atoms with Gasteiger partial charge in [-0.15, -0.1) is 0 Å². The molecular formula is C19H14F4N4O. The molecule has 0 aliphatic carbocycles. The molecule has 5 nitrogen and oxygen atoms in total. The lowest BCUT2D eigenvalue weighted by Gasteiger charge is -2.11. The molecule has 0 radical (unpaired) electrons. The van der Waals surface area contributed by atoms with Crippen molar-refractivity contribution in [2.75, 3.05) is 10.6 Å².